The molecule has 7 heteroatoms. The molecule has 2 aromatic carbocycles. The number of halogens is 2. The lowest BCUT2D eigenvalue weighted by molar-refractivity contribution is 0.643. The van der Waals surface area contributed by atoms with Crippen LogP contribution in [-0.4, -0.2) is 27.0 Å². The first-order valence-corrected chi connectivity index (χ1v) is 8.26. The van der Waals surface area contributed by atoms with Crippen LogP contribution in [0, 0.1) is 5.82 Å². The summed E-state index contributed by atoms with van der Waals surface area (Å²) < 4.78 is 15.3. The Morgan fingerprint density at radius 3 is 2.58 bits per heavy atom. The van der Waals surface area contributed by atoms with Crippen LogP contribution in [0.3, 0.4) is 0 Å². The minimum absolute atomic E-state index is 0.303. The monoisotopic (exact) mass is 365 g/mol. The summed E-state index contributed by atoms with van der Waals surface area (Å²) in [7, 11) is 1.68. The molecule has 0 aliphatic heterocycles. The zero-order chi connectivity index (χ0) is 18.1. The maximum atomic E-state index is 15.3. The van der Waals surface area contributed by atoms with Gasteiger partial charge in [-0.2, -0.15) is 0 Å². The predicted octanol–water partition coefficient (Wildman–Crippen LogP) is 4.59. The standard InChI is InChI=1S/C19H13ClFN5/c1-22-19-16-14(25-18(26-19)15-10-23-8-9-24-15)7-6-12(17(16)21)11-4-2-3-5-13(11)20/h2-10H,1H3,(H,22,25,26). The number of nitrogens with zero attached hydrogens (tertiary/aromatic N) is 4. The minimum atomic E-state index is -0.425. The molecule has 0 aliphatic carbocycles. The van der Waals surface area contributed by atoms with Crippen LogP contribution >= 0.6 is 11.6 Å². The Morgan fingerprint density at radius 1 is 1.00 bits per heavy atom. The molecule has 0 fully saturated rings. The molecule has 1 N–H and O–H groups in total. The Hall–Kier alpha value is -3.12. The molecule has 26 heavy (non-hydrogen) atoms. The van der Waals surface area contributed by atoms with E-state index in [1.807, 2.05) is 6.07 Å². The third-order valence-corrected chi connectivity index (χ3v) is 4.32. The lowest BCUT2D eigenvalue weighted by atomic mass is 10.0. The van der Waals surface area contributed by atoms with E-state index in [0.29, 0.717) is 44.4 Å². The van der Waals surface area contributed by atoms with Gasteiger partial charge in [-0.3, -0.25) is 4.98 Å². The van der Waals surface area contributed by atoms with Crippen molar-refractivity contribution in [2.45, 2.75) is 0 Å². The fourth-order valence-electron chi connectivity index (χ4n) is 2.78. The van der Waals surface area contributed by atoms with Gasteiger partial charge in [-0.05, 0) is 18.2 Å². The molecule has 0 bridgehead atoms. The molecule has 2 aromatic heterocycles. The number of nitrogens with one attached hydrogen (secondary N) is 1. The normalized spacial score (nSPS) is 10.9. The molecule has 0 saturated carbocycles. The number of hydrogen-bond donors (Lipinski definition) is 1. The van der Waals surface area contributed by atoms with Crippen LogP contribution in [0.25, 0.3) is 33.5 Å². The zero-order valence-corrected chi connectivity index (χ0v) is 14.5. The zero-order valence-electron chi connectivity index (χ0n) is 13.7. The van der Waals surface area contributed by atoms with E-state index in [1.54, 1.807) is 56.0 Å². The highest BCUT2D eigenvalue weighted by molar-refractivity contribution is 6.33. The molecule has 4 rings (SSSR count). The van der Waals surface area contributed by atoms with Crippen LogP contribution < -0.4 is 5.32 Å². The molecule has 0 radical (unpaired) electrons. The topological polar surface area (TPSA) is 63.6 Å². The molecule has 0 spiro atoms. The molecule has 2 heterocycles. The van der Waals surface area contributed by atoms with Crippen molar-refractivity contribution < 1.29 is 4.39 Å². The Labute approximate surface area is 153 Å². The summed E-state index contributed by atoms with van der Waals surface area (Å²) in [5.41, 5.74) is 2.00. The van der Waals surface area contributed by atoms with Crippen LogP contribution in [0.4, 0.5) is 10.2 Å². The molecule has 0 saturated heterocycles. The maximum absolute atomic E-state index is 15.3. The third-order valence-electron chi connectivity index (χ3n) is 3.99. The molecule has 5 nitrogen and oxygen atoms in total. The maximum Gasteiger partial charge on any atom is 0.182 e. The van der Waals surface area contributed by atoms with E-state index in [2.05, 4.69) is 25.3 Å². The van der Waals surface area contributed by atoms with Crippen molar-refractivity contribution >= 4 is 28.3 Å². The third kappa shape index (κ3) is 2.74. The van der Waals surface area contributed by atoms with E-state index in [-0.39, 0.29) is 0 Å². The van der Waals surface area contributed by atoms with Gasteiger partial charge in [0.25, 0.3) is 0 Å². The van der Waals surface area contributed by atoms with Crippen molar-refractivity contribution in [2.24, 2.45) is 0 Å². The number of rotatable bonds is 3. The summed E-state index contributed by atoms with van der Waals surface area (Å²) >= 11 is 6.23. The SMILES string of the molecule is CNc1nc(-c2cnccn2)nc2ccc(-c3ccccc3Cl)c(F)c12. The van der Waals surface area contributed by atoms with E-state index >= 15 is 4.39 Å². The summed E-state index contributed by atoms with van der Waals surface area (Å²) in [4.78, 5) is 17.1. The van der Waals surface area contributed by atoms with Gasteiger partial charge < -0.3 is 5.32 Å². The van der Waals surface area contributed by atoms with Gasteiger partial charge in [-0.15, -0.1) is 0 Å². The largest absolute Gasteiger partial charge is 0.372 e. The van der Waals surface area contributed by atoms with Crippen LogP contribution in [0.2, 0.25) is 5.02 Å². The first-order chi connectivity index (χ1) is 12.7. The molecule has 128 valence electrons. The Bertz CT molecular complexity index is 1100. The van der Waals surface area contributed by atoms with Gasteiger partial charge in [0.1, 0.15) is 17.3 Å². The van der Waals surface area contributed by atoms with Gasteiger partial charge in [0.15, 0.2) is 5.82 Å². The highest BCUT2D eigenvalue weighted by atomic mass is 35.5. The van der Waals surface area contributed by atoms with Crippen LogP contribution in [-0.2, 0) is 0 Å². The molecule has 0 aliphatic rings. The summed E-state index contributed by atoms with van der Waals surface area (Å²) in [5, 5.41) is 3.73. The number of anilines is 1. The van der Waals surface area contributed by atoms with Crippen LogP contribution in [0.1, 0.15) is 0 Å². The lowest BCUT2D eigenvalue weighted by Crippen LogP contribution is -2.02. The number of benzene rings is 2. The molecule has 4 aromatic rings. The van der Waals surface area contributed by atoms with Crippen molar-refractivity contribution in [2.75, 3.05) is 12.4 Å². The van der Waals surface area contributed by atoms with Crippen molar-refractivity contribution in [3.63, 3.8) is 0 Å². The fourth-order valence-corrected chi connectivity index (χ4v) is 3.02. The second-order valence-electron chi connectivity index (χ2n) is 5.54. The highest BCUT2D eigenvalue weighted by Gasteiger charge is 2.18. The van der Waals surface area contributed by atoms with E-state index < -0.39 is 5.82 Å². The van der Waals surface area contributed by atoms with Gasteiger partial charge in [0.05, 0.1) is 17.1 Å². The van der Waals surface area contributed by atoms with Gasteiger partial charge >= 0.3 is 0 Å². The number of hydrogen-bond acceptors (Lipinski definition) is 5. The second kappa shape index (κ2) is 6.65. The average Bonchev–Trinajstić information content (AvgIpc) is 2.69. The minimum Gasteiger partial charge on any atom is -0.372 e. The van der Waals surface area contributed by atoms with Crippen molar-refractivity contribution in [3.8, 4) is 22.6 Å². The first kappa shape index (κ1) is 16.4. The van der Waals surface area contributed by atoms with Gasteiger partial charge in [-0.25, -0.2) is 19.3 Å². The predicted molar refractivity (Wildman–Crippen MR) is 101 cm³/mol. The molecule has 0 atom stereocenters. The summed E-state index contributed by atoms with van der Waals surface area (Å²) in [5.74, 6) is 0.326. The van der Waals surface area contributed by atoms with Crippen LogP contribution in [0.5, 0.6) is 0 Å². The summed E-state index contributed by atoms with van der Waals surface area (Å²) in [6.07, 6.45) is 4.69. The van der Waals surface area contributed by atoms with E-state index in [9.17, 15) is 0 Å². The summed E-state index contributed by atoms with van der Waals surface area (Å²) in [6, 6.07) is 10.6. The second-order valence-corrected chi connectivity index (χ2v) is 5.94. The fraction of sp³-hybridized carbons (Fsp3) is 0.0526. The van der Waals surface area contributed by atoms with Crippen molar-refractivity contribution in [1.82, 2.24) is 19.9 Å². The molecule has 0 unspecified atom stereocenters. The first-order valence-electron chi connectivity index (χ1n) is 7.88. The van der Waals surface area contributed by atoms with Gasteiger partial charge in [-0.1, -0.05) is 29.8 Å². The van der Waals surface area contributed by atoms with Crippen molar-refractivity contribution in [3.05, 3.63) is 65.8 Å². The Morgan fingerprint density at radius 2 is 1.85 bits per heavy atom. The van der Waals surface area contributed by atoms with Gasteiger partial charge in [0, 0.05) is 35.6 Å². The quantitative estimate of drug-likeness (QED) is 0.575. The number of aromatic nitrogens is 4. The van der Waals surface area contributed by atoms with Crippen LogP contribution in [0.15, 0.2) is 55.0 Å². The average molecular weight is 366 g/mol. The molecular weight excluding hydrogens is 353 g/mol. The summed E-state index contributed by atoms with van der Waals surface area (Å²) in [6.45, 7) is 0. The Kier molecular flexibility index (Phi) is 4.18. The van der Waals surface area contributed by atoms with E-state index in [0.717, 1.165) is 0 Å². The van der Waals surface area contributed by atoms with Crippen molar-refractivity contribution in [1.29, 1.82) is 0 Å². The highest BCUT2D eigenvalue weighted by Crippen LogP contribution is 2.35. The molecular formula is C19H13ClFN5. The van der Waals surface area contributed by atoms with E-state index in [4.69, 9.17) is 11.6 Å². The molecule has 0 amide bonds. The van der Waals surface area contributed by atoms with Gasteiger partial charge in [0.2, 0.25) is 0 Å². The number of fused-ring (bicyclic) bond motifs is 1. The smallest absolute Gasteiger partial charge is 0.182 e. The Balaban J connectivity index is 1.97. The lowest BCUT2D eigenvalue weighted by Gasteiger charge is -2.12. The van der Waals surface area contributed by atoms with E-state index in [1.165, 1.54) is 0 Å².